The molecule has 1 saturated heterocycles. The van der Waals surface area contributed by atoms with Gasteiger partial charge in [-0.25, -0.2) is 13.4 Å². The third kappa shape index (κ3) is 4.20. The Balaban J connectivity index is 1.82. The zero-order valence-electron chi connectivity index (χ0n) is 15.2. The predicted molar refractivity (Wildman–Crippen MR) is 116 cm³/mol. The summed E-state index contributed by atoms with van der Waals surface area (Å²) in [7, 11) is -0.822. The SMILES string of the molecule is O=S(=O)(c1c(Nc2ccccc2)ssc1=Nc1ccccc1)N1CCCCC1. The number of nitrogens with one attached hydrogen (secondary N) is 1. The van der Waals surface area contributed by atoms with Crippen LogP contribution in [0.1, 0.15) is 19.3 Å². The van der Waals surface area contributed by atoms with E-state index in [0.29, 0.717) is 22.8 Å². The molecule has 4 rings (SSSR count). The van der Waals surface area contributed by atoms with Crippen molar-refractivity contribution in [1.82, 2.24) is 4.31 Å². The minimum Gasteiger partial charge on any atom is -0.345 e. The lowest BCUT2D eigenvalue weighted by Gasteiger charge is -2.25. The van der Waals surface area contributed by atoms with Crippen LogP contribution >= 0.6 is 20.7 Å². The van der Waals surface area contributed by atoms with E-state index in [1.807, 2.05) is 60.7 Å². The first kappa shape index (κ1) is 19.3. The third-order valence-electron chi connectivity index (χ3n) is 4.54. The number of hydrogen-bond acceptors (Lipinski definition) is 6. The topological polar surface area (TPSA) is 61.8 Å². The van der Waals surface area contributed by atoms with Gasteiger partial charge >= 0.3 is 0 Å². The van der Waals surface area contributed by atoms with Crippen LogP contribution in [0.15, 0.2) is 70.6 Å². The van der Waals surface area contributed by atoms with Crippen LogP contribution in [-0.4, -0.2) is 25.8 Å². The quantitative estimate of drug-likeness (QED) is 0.581. The number of anilines is 2. The van der Waals surface area contributed by atoms with Gasteiger partial charge in [-0.15, -0.1) is 0 Å². The van der Waals surface area contributed by atoms with Gasteiger partial charge in [0.25, 0.3) is 0 Å². The number of hydrogen-bond donors (Lipinski definition) is 1. The minimum atomic E-state index is -3.62. The zero-order valence-corrected chi connectivity index (χ0v) is 17.7. The van der Waals surface area contributed by atoms with Crippen molar-refractivity contribution in [2.75, 3.05) is 18.4 Å². The Morgan fingerprint density at radius 3 is 2.18 bits per heavy atom. The first-order valence-electron chi connectivity index (χ1n) is 9.20. The lowest BCUT2D eigenvalue weighted by atomic mass is 10.2. The van der Waals surface area contributed by atoms with Crippen LogP contribution < -0.4 is 9.99 Å². The van der Waals surface area contributed by atoms with E-state index in [1.54, 1.807) is 4.31 Å². The molecular formula is C20H21N3O2S3. The molecule has 0 spiro atoms. The first-order chi connectivity index (χ1) is 13.6. The molecule has 2 heterocycles. The van der Waals surface area contributed by atoms with Gasteiger partial charge in [-0.3, -0.25) is 0 Å². The molecule has 1 fully saturated rings. The number of sulfonamides is 1. The van der Waals surface area contributed by atoms with E-state index in [-0.39, 0.29) is 4.90 Å². The van der Waals surface area contributed by atoms with Crippen LogP contribution in [0, 0.1) is 0 Å². The standard InChI is InChI=1S/C20H21N3O2S3/c24-28(25,23-14-8-3-9-15-23)18-19(21-16-10-4-1-5-11-16)26-27-20(18)22-17-12-6-2-7-13-17/h1-2,4-7,10-13,21H,3,8-9,14-15H2. The van der Waals surface area contributed by atoms with E-state index in [2.05, 4.69) is 10.3 Å². The summed E-state index contributed by atoms with van der Waals surface area (Å²) in [5.74, 6) is 0. The highest BCUT2D eigenvalue weighted by Gasteiger charge is 2.31. The van der Waals surface area contributed by atoms with Crippen LogP contribution in [-0.2, 0) is 10.0 Å². The Hall–Kier alpha value is -2.00. The molecule has 3 aromatic rings. The lowest BCUT2D eigenvalue weighted by molar-refractivity contribution is 0.346. The zero-order chi connectivity index (χ0) is 19.4. The number of para-hydroxylation sites is 2. The molecule has 0 aliphatic carbocycles. The lowest BCUT2D eigenvalue weighted by Crippen LogP contribution is -2.37. The Morgan fingerprint density at radius 1 is 0.857 bits per heavy atom. The molecule has 0 unspecified atom stereocenters. The molecule has 0 atom stereocenters. The fraction of sp³-hybridized carbons (Fsp3) is 0.250. The van der Waals surface area contributed by atoms with Gasteiger partial charge in [0.15, 0.2) is 4.90 Å². The van der Waals surface area contributed by atoms with Crippen molar-refractivity contribution in [2.24, 2.45) is 4.99 Å². The van der Waals surface area contributed by atoms with Gasteiger partial charge in [0.1, 0.15) is 9.67 Å². The van der Waals surface area contributed by atoms with Crippen molar-refractivity contribution in [2.45, 2.75) is 24.2 Å². The second-order valence-corrected chi connectivity index (χ2v) is 10.5. The molecular weight excluding hydrogens is 410 g/mol. The Bertz CT molecular complexity index is 1080. The molecule has 1 aliphatic rings. The molecule has 1 aliphatic heterocycles. The Labute approximate surface area is 172 Å². The molecule has 0 bridgehead atoms. The van der Waals surface area contributed by atoms with E-state index in [9.17, 15) is 8.42 Å². The van der Waals surface area contributed by atoms with Gasteiger partial charge in [0, 0.05) is 18.8 Å². The van der Waals surface area contributed by atoms with Crippen molar-refractivity contribution < 1.29 is 8.42 Å². The molecule has 1 aromatic heterocycles. The number of rotatable bonds is 5. The van der Waals surface area contributed by atoms with Gasteiger partial charge in [-0.05, 0) is 37.1 Å². The number of benzene rings is 2. The summed E-state index contributed by atoms with van der Waals surface area (Å²) >= 11 is 0. The smallest absolute Gasteiger partial charge is 0.249 e. The normalized spacial score (nSPS) is 16.2. The average molecular weight is 432 g/mol. The molecule has 0 amide bonds. The van der Waals surface area contributed by atoms with E-state index in [4.69, 9.17) is 0 Å². The highest BCUT2D eigenvalue weighted by molar-refractivity contribution is 7.90. The molecule has 2 aromatic carbocycles. The molecule has 8 heteroatoms. The highest BCUT2D eigenvalue weighted by atomic mass is 32.9. The molecule has 5 nitrogen and oxygen atoms in total. The molecule has 146 valence electrons. The van der Waals surface area contributed by atoms with E-state index in [0.717, 1.165) is 30.6 Å². The maximum atomic E-state index is 13.5. The van der Waals surface area contributed by atoms with Crippen molar-refractivity contribution in [3.05, 3.63) is 65.3 Å². The van der Waals surface area contributed by atoms with Crippen molar-refractivity contribution in [3.63, 3.8) is 0 Å². The summed E-state index contributed by atoms with van der Waals surface area (Å²) < 4.78 is 29.1. The van der Waals surface area contributed by atoms with Crippen molar-refractivity contribution in [3.8, 4) is 0 Å². The predicted octanol–water partition coefficient (Wildman–Crippen LogP) is 4.96. The Kier molecular flexibility index (Phi) is 5.91. The maximum absolute atomic E-state index is 13.5. The maximum Gasteiger partial charge on any atom is 0.249 e. The van der Waals surface area contributed by atoms with Crippen LogP contribution in [0.5, 0.6) is 0 Å². The fourth-order valence-corrected chi connectivity index (χ4v) is 7.99. The molecule has 28 heavy (non-hydrogen) atoms. The van der Waals surface area contributed by atoms with Gasteiger partial charge in [-0.2, -0.15) is 4.31 Å². The van der Waals surface area contributed by atoms with Crippen molar-refractivity contribution >= 4 is 47.1 Å². The van der Waals surface area contributed by atoms with Crippen molar-refractivity contribution in [1.29, 1.82) is 0 Å². The minimum absolute atomic E-state index is 0.289. The van der Waals surface area contributed by atoms with Crippen LogP contribution in [0.4, 0.5) is 16.4 Å². The Morgan fingerprint density at radius 2 is 1.50 bits per heavy atom. The van der Waals surface area contributed by atoms with Crippen LogP contribution in [0.25, 0.3) is 0 Å². The summed E-state index contributed by atoms with van der Waals surface area (Å²) in [6.07, 6.45) is 2.88. The second kappa shape index (κ2) is 8.57. The van der Waals surface area contributed by atoms with Gasteiger partial charge < -0.3 is 5.32 Å². The van der Waals surface area contributed by atoms with Gasteiger partial charge in [-0.1, -0.05) is 63.5 Å². The molecule has 0 saturated carbocycles. The summed E-state index contributed by atoms with van der Waals surface area (Å²) in [5, 5.41) is 3.91. The molecule has 1 N–H and O–H groups in total. The average Bonchev–Trinajstić information content (AvgIpc) is 3.13. The second-order valence-electron chi connectivity index (χ2n) is 6.53. The largest absolute Gasteiger partial charge is 0.345 e. The third-order valence-corrected chi connectivity index (χ3v) is 8.99. The van der Waals surface area contributed by atoms with Gasteiger partial charge in [0.05, 0.1) is 5.69 Å². The summed E-state index contributed by atoms with van der Waals surface area (Å²) in [6, 6.07) is 19.1. The van der Waals surface area contributed by atoms with Crippen LogP contribution in [0.3, 0.4) is 0 Å². The van der Waals surface area contributed by atoms with E-state index < -0.39 is 10.0 Å². The summed E-state index contributed by atoms with van der Waals surface area (Å²) in [5.41, 5.74) is 1.61. The van der Waals surface area contributed by atoms with E-state index in [1.165, 1.54) is 20.7 Å². The van der Waals surface area contributed by atoms with Gasteiger partial charge in [0.2, 0.25) is 10.0 Å². The number of piperidine rings is 1. The number of nitrogens with zero attached hydrogens (tertiary/aromatic N) is 2. The monoisotopic (exact) mass is 431 g/mol. The fourth-order valence-electron chi connectivity index (χ4n) is 3.14. The summed E-state index contributed by atoms with van der Waals surface area (Å²) in [4.78, 5) is 4.94. The molecule has 0 radical (unpaired) electrons. The van der Waals surface area contributed by atoms with E-state index >= 15 is 0 Å². The first-order valence-corrected chi connectivity index (χ1v) is 12.8. The van der Waals surface area contributed by atoms with Crippen LogP contribution in [0.2, 0.25) is 0 Å². The summed E-state index contributed by atoms with van der Waals surface area (Å²) in [6.45, 7) is 1.14. The highest BCUT2D eigenvalue weighted by Crippen LogP contribution is 2.33.